The summed E-state index contributed by atoms with van der Waals surface area (Å²) in [6.07, 6.45) is 0.921. The Labute approximate surface area is 240 Å². The summed E-state index contributed by atoms with van der Waals surface area (Å²) in [6.45, 7) is 13.1. The zero-order valence-corrected chi connectivity index (χ0v) is 26.2. The summed E-state index contributed by atoms with van der Waals surface area (Å²) >= 11 is 0. The molecule has 0 radical (unpaired) electrons. The molecular weight excluding hydrogens is 518 g/mol. The van der Waals surface area contributed by atoms with Crippen LogP contribution in [0.4, 0.5) is 0 Å². The van der Waals surface area contributed by atoms with Crippen molar-refractivity contribution in [2.75, 3.05) is 14.2 Å². The Morgan fingerprint density at radius 1 is 0.600 bits per heavy atom. The Balaban J connectivity index is 1.85. The van der Waals surface area contributed by atoms with E-state index >= 15 is 0 Å². The van der Waals surface area contributed by atoms with Crippen LogP contribution in [0.2, 0.25) is 6.04 Å². The van der Waals surface area contributed by atoms with Gasteiger partial charge in [-0.05, 0) is 65.8 Å². The van der Waals surface area contributed by atoms with E-state index in [9.17, 15) is 0 Å². The van der Waals surface area contributed by atoms with E-state index in [0.29, 0.717) is 0 Å². The molecule has 0 saturated heterocycles. The van der Waals surface area contributed by atoms with Gasteiger partial charge in [0, 0.05) is 48.5 Å². The van der Waals surface area contributed by atoms with E-state index in [1.54, 1.807) is 14.2 Å². The van der Waals surface area contributed by atoms with E-state index in [2.05, 4.69) is 94.6 Å². The molecule has 6 nitrogen and oxygen atoms in total. The smallest absolute Gasteiger partial charge is 0.496 e. The molecule has 3 aromatic carbocycles. The van der Waals surface area contributed by atoms with Gasteiger partial charge in [-0.15, -0.1) is 0 Å². The zero-order chi connectivity index (χ0) is 28.9. The summed E-state index contributed by atoms with van der Waals surface area (Å²) in [5.41, 5.74) is 4.36. The van der Waals surface area contributed by atoms with Crippen LogP contribution in [0.5, 0.6) is 11.5 Å². The van der Waals surface area contributed by atoms with Gasteiger partial charge in [-0.25, -0.2) is 0 Å². The van der Waals surface area contributed by atoms with Gasteiger partial charge in [-0.2, -0.15) is 4.57 Å². The van der Waals surface area contributed by atoms with Gasteiger partial charge in [0.2, 0.25) is 11.0 Å². The first kappa shape index (κ1) is 30.0. The first-order valence-electron chi connectivity index (χ1n) is 14.3. The van der Waals surface area contributed by atoms with Crippen LogP contribution in [0, 0.1) is 0 Å². The lowest BCUT2D eigenvalue weighted by Crippen LogP contribution is -2.51. The lowest BCUT2D eigenvalue weighted by Gasteiger charge is -2.34. The molecule has 1 heterocycles. The van der Waals surface area contributed by atoms with Crippen molar-refractivity contribution in [1.29, 1.82) is 0 Å². The third kappa shape index (κ3) is 6.49. The summed E-state index contributed by atoms with van der Waals surface area (Å²) in [7, 11) is 0.508. The Hall–Kier alpha value is -2.97. The predicted octanol–water partition coefficient (Wildman–Crippen LogP) is 7.57. The average molecular weight is 563 g/mol. The van der Waals surface area contributed by atoms with Crippen molar-refractivity contribution in [3.8, 4) is 22.6 Å². The zero-order valence-electron chi connectivity index (χ0n) is 25.2. The van der Waals surface area contributed by atoms with Crippen LogP contribution in [0.25, 0.3) is 32.9 Å². The van der Waals surface area contributed by atoms with Crippen LogP contribution in [-0.4, -0.2) is 41.3 Å². The van der Waals surface area contributed by atoms with Crippen LogP contribution in [0.1, 0.15) is 48.0 Å². The minimum absolute atomic E-state index is 0.0218. The second kappa shape index (κ2) is 13.1. The van der Waals surface area contributed by atoms with E-state index < -0.39 is 8.80 Å². The Morgan fingerprint density at radius 3 is 1.48 bits per heavy atom. The second-order valence-electron chi connectivity index (χ2n) is 10.9. The highest BCUT2D eigenvalue weighted by Gasteiger charge is 2.44. The fourth-order valence-corrected chi connectivity index (χ4v) is 8.78. The van der Waals surface area contributed by atoms with E-state index in [4.69, 9.17) is 22.8 Å². The SMILES string of the molecule is COc1cccc(OC)c1-c1c2ccccc2[n+](CCC[Si](OC(C)C)(OC(C)C)OC(C)C)c2ccccc12. The number of aromatic nitrogens is 1. The monoisotopic (exact) mass is 562 g/mol. The number of pyridine rings is 1. The molecule has 0 aliphatic carbocycles. The number of fused-ring (bicyclic) bond motifs is 2. The average Bonchev–Trinajstić information content (AvgIpc) is 2.91. The Kier molecular flexibility index (Phi) is 9.84. The Morgan fingerprint density at radius 2 is 1.05 bits per heavy atom. The molecule has 0 aliphatic heterocycles. The van der Waals surface area contributed by atoms with Crippen LogP contribution in [-0.2, 0) is 19.8 Å². The maximum Gasteiger partial charge on any atom is 0.501 e. The van der Waals surface area contributed by atoms with E-state index in [1.165, 1.54) is 0 Å². The van der Waals surface area contributed by atoms with Gasteiger partial charge in [0.15, 0.2) is 0 Å². The number of ether oxygens (including phenoxy) is 2. The number of aryl methyl sites for hydroxylation is 1. The van der Waals surface area contributed by atoms with Crippen molar-refractivity contribution < 1.29 is 27.3 Å². The molecule has 0 bridgehead atoms. The fourth-order valence-electron chi connectivity index (χ4n) is 5.51. The predicted molar refractivity (Wildman–Crippen MR) is 164 cm³/mol. The number of rotatable bonds is 13. The van der Waals surface area contributed by atoms with Gasteiger partial charge in [0.05, 0.1) is 30.6 Å². The van der Waals surface area contributed by atoms with E-state index in [-0.39, 0.29) is 18.3 Å². The standard InChI is InChI=1S/C33H44NO5Si/c1-23(2)37-40(38-24(3)4,39-25(5)6)22-14-21-34-28-17-11-9-15-26(28)32(27-16-10-12-18-29(27)34)33-30(35-7)19-13-20-31(33)36-8/h9-13,15-20,23-25H,14,21-22H2,1-8H3/q+1. The molecule has 0 atom stereocenters. The van der Waals surface area contributed by atoms with Gasteiger partial charge in [0.1, 0.15) is 18.0 Å². The molecule has 0 amide bonds. The number of hydrogen-bond donors (Lipinski definition) is 0. The van der Waals surface area contributed by atoms with Gasteiger partial charge in [0.25, 0.3) is 0 Å². The third-order valence-corrected chi connectivity index (χ3v) is 10.2. The summed E-state index contributed by atoms with van der Waals surface area (Å²) in [4.78, 5) is 0. The van der Waals surface area contributed by atoms with E-state index in [1.807, 2.05) is 18.2 Å². The fraction of sp³-hybridized carbons (Fsp3) is 0.424. The van der Waals surface area contributed by atoms with Crippen molar-refractivity contribution in [2.45, 2.75) is 78.9 Å². The topological polar surface area (TPSA) is 50.0 Å². The molecule has 0 unspecified atom stereocenters. The van der Waals surface area contributed by atoms with Crippen molar-refractivity contribution in [3.63, 3.8) is 0 Å². The van der Waals surface area contributed by atoms with Gasteiger partial charge >= 0.3 is 8.80 Å². The van der Waals surface area contributed by atoms with Crippen LogP contribution in [0.15, 0.2) is 66.7 Å². The highest BCUT2D eigenvalue weighted by molar-refractivity contribution is 6.60. The van der Waals surface area contributed by atoms with Gasteiger partial charge in [-0.1, -0.05) is 30.3 Å². The summed E-state index contributed by atoms with van der Waals surface area (Å²) in [6, 6.07) is 23.8. The molecule has 0 spiro atoms. The third-order valence-electron chi connectivity index (χ3n) is 6.72. The first-order chi connectivity index (χ1) is 19.2. The molecule has 0 N–H and O–H groups in total. The summed E-state index contributed by atoms with van der Waals surface area (Å²) < 4.78 is 33.5. The molecular formula is C33H44NO5Si+. The van der Waals surface area contributed by atoms with Gasteiger partial charge < -0.3 is 22.8 Å². The van der Waals surface area contributed by atoms with Crippen molar-refractivity contribution >= 4 is 30.6 Å². The number of methoxy groups -OCH3 is 2. The normalized spacial score (nSPS) is 12.3. The van der Waals surface area contributed by atoms with Crippen molar-refractivity contribution in [2.24, 2.45) is 0 Å². The molecule has 0 aliphatic rings. The molecule has 214 valence electrons. The quantitative estimate of drug-likeness (QED) is 0.0956. The highest BCUT2D eigenvalue weighted by Crippen LogP contribution is 2.44. The molecule has 4 rings (SSSR count). The summed E-state index contributed by atoms with van der Waals surface area (Å²) in [5.74, 6) is 1.57. The largest absolute Gasteiger partial charge is 0.501 e. The molecule has 1 aromatic heterocycles. The first-order valence-corrected chi connectivity index (χ1v) is 16.2. The van der Waals surface area contributed by atoms with Crippen molar-refractivity contribution in [1.82, 2.24) is 0 Å². The lowest BCUT2D eigenvalue weighted by molar-refractivity contribution is -0.645. The number of nitrogens with zero attached hydrogens (tertiary/aromatic N) is 1. The van der Waals surface area contributed by atoms with E-state index in [0.717, 1.165) is 63.4 Å². The molecule has 40 heavy (non-hydrogen) atoms. The molecule has 0 saturated carbocycles. The number of benzene rings is 3. The molecule has 0 fully saturated rings. The van der Waals surface area contributed by atoms with Crippen LogP contribution in [0.3, 0.4) is 0 Å². The second-order valence-corrected chi connectivity index (χ2v) is 13.5. The molecule has 7 heteroatoms. The number of hydrogen-bond acceptors (Lipinski definition) is 5. The van der Waals surface area contributed by atoms with Gasteiger partial charge in [-0.3, -0.25) is 0 Å². The molecule has 4 aromatic rings. The lowest BCUT2D eigenvalue weighted by atomic mass is 9.94. The highest BCUT2D eigenvalue weighted by atomic mass is 28.4. The van der Waals surface area contributed by atoms with Crippen LogP contribution < -0.4 is 14.0 Å². The minimum atomic E-state index is -2.91. The van der Waals surface area contributed by atoms with Crippen LogP contribution >= 0.6 is 0 Å². The summed E-state index contributed by atoms with van der Waals surface area (Å²) in [5, 5.41) is 2.28. The number of para-hydroxylation sites is 2. The maximum atomic E-state index is 6.46. The Bertz CT molecular complexity index is 1330. The van der Waals surface area contributed by atoms with Crippen molar-refractivity contribution in [3.05, 3.63) is 66.7 Å². The minimum Gasteiger partial charge on any atom is -0.496 e. The maximum absolute atomic E-state index is 6.46.